The van der Waals surface area contributed by atoms with Crippen molar-refractivity contribution in [3.8, 4) is 0 Å². The summed E-state index contributed by atoms with van der Waals surface area (Å²) in [6.07, 6.45) is 4.89. The number of hydrogen-bond donors (Lipinski definition) is 0. The van der Waals surface area contributed by atoms with Crippen molar-refractivity contribution in [2.75, 3.05) is 38.1 Å². The van der Waals surface area contributed by atoms with Gasteiger partial charge in [-0.15, -0.1) is 0 Å². The van der Waals surface area contributed by atoms with Gasteiger partial charge in [-0.2, -0.15) is 0 Å². The number of rotatable bonds is 1. The molecule has 0 unspecified atom stereocenters. The lowest BCUT2D eigenvalue weighted by Gasteiger charge is -2.33. The van der Waals surface area contributed by atoms with Gasteiger partial charge in [0.2, 0.25) is 5.95 Å². The molecule has 1 aliphatic carbocycles. The minimum absolute atomic E-state index is 0.959. The molecular formula is C14H22N4. The maximum Gasteiger partial charge on any atom is 0.225 e. The maximum absolute atomic E-state index is 4.82. The minimum Gasteiger partial charge on any atom is -0.338 e. The van der Waals surface area contributed by atoms with Crippen LogP contribution >= 0.6 is 0 Å². The fraction of sp³-hybridized carbons (Fsp3) is 0.714. The molecule has 18 heavy (non-hydrogen) atoms. The first-order valence-electron chi connectivity index (χ1n) is 7.04. The van der Waals surface area contributed by atoms with E-state index < -0.39 is 0 Å². The molecule has 0 N–H and O–H groups in total. The van der Waals surface area contributed by atoms with Crippen LogP contribution < -0.4 is 4.90 Å². The van der Waals surface area contributed by atoms with Gasteiger partial charge >= 0.3 is 0 Å². The van der Waals surface area contributed by atoms with Gasteiger partial charge in [-0.1, -0.05) is 0 Å². The van der Waals surface area contributed by atoms with Crippen LogP contribution in [0.5, 0.6) is 0 Å². The Kier molecular flexibility index (Phi) is 3.20. The second-order valence-electron chi connectivity index (χ2n) is 5.53. The molecule has 0 saturated carbocycles. The van der Waals surface area contributed by atoms with Crippen molar-refractivity contribution in [3.63, 3.8) is 0 Å². The van der Waals surface area contributed by atoms with E-state index in [9.17, 15) is 0 Å². The molecule has 1 saturated heterocycles. The van der Waals surface area contributed by atoms with E-state index in [2.05, 4.69) is 23.8 Å². The zero-order valence-corrected chi connectivity index (χ0v) is 11.4. The number of anilines is 1. The van der Waals surface area contributed by atoms with Crippen molar-refractivity contribution in [2.45, 2.75) is 32.6 Å². The summed E-state index contributed by atoms with van der Waals surface area (Å²) in [5, 5.41) is 0. The van der Waals surface area contributed by atoms with E-state index in [4.69, 9.17) is 9.97 Å². The maximum atomic E-state index is 4.82. The molecule has 0 atom stereocenters. The molecule has 2 aliphatic rings. The summed E-state index contributed by atoms with van der Waals surface area (Å²) in [5.74, 6) is 0.959. The summed E-state index contributed by atoms with van der Waals surface area (Å²) < 4.78 is 0. The van der Waals surface area contributed by atoms with Crippen molar-refractivity contribution in [3.05, 3.63) is 17.0 Å². The van der Waals surface area contributed by atoms with E-state index in [1.165, 1.54) is 36.2 Å². The van der Waals surface area contributed by atoms with Gasteiger partial charge in [0.1, 0.15) is 0 Å². The van der Waals surface area contributed by atoms with Crippen LogP contribution in [-0.2, 0) is 12.8 Å². The summed E-state index contributed by atoms with van der Waals surface area (Å²) >= 11 is 0. The molecule has 0 radical (unpaired) electrons. The molecule has 98 valence electrons. The summed E-state index contributed by atoms with van der Waals surface area (Å²) in [4.78, 5) is 14.2. The standard InChI is InChI=1S/C14H22N4/c1-11-12-5-3-4-6-13(12)16-14(15-11)18-9-7-17(2)8-10-18/h3-10H2,1-2H3. The third kappa shape index (κ3) is 2.21. The van der Waals surface area contributed by atoms with Crippen LogP contribution in [0.1, 0.15) is 29.8 Å². The van der Waals surface area contributed by atoms with E-state index in [1.807, 2.05) is 0 Å². The Balaban J connectivity index is 1.86. The molecule has 3 rings (SSSR count). The zero-order chi connectivity index (χ0) is 12.5. The smallest absolute Gasteiger partial charge is 0.225 e. The van der Waals surface area contributed by atoms with Gasteiger partial charge in [0.15, 0.2) is 0 Å². The van der Waals surface area contributed by atoms with E-state index in [-0.39, 0.29) is 0 Å². The molecule has 0 spiro atoms. The van der Waals surface area contributed by atoms with Crippen molar-refractivity contribution >= 4 is 5.95 Å². The van der Waals surface area contributed by atoms with Crippen molar-refractivity contribution < 1.29 is 0 Å². The molecule has 0 aromatic carbocycles. The molecule has 1 fully saturated rings. The highest BCUT2D eigenvalue weighted by molar-refractivity contribution is 5.38. The van der Waals surface area contributed by atoms with Crippen molar-refractivity contribution in [1.82, 2.24) is 14.9 Å². The number of likely N-dealkylation sites (N-methyl/N-ethyl adjacent to an activating group) is 1. The number of piperazine rings is 1. The van der Waals surface area contributed by atoms with E-state index in [0.717, 1.165) is 38.5 Å². The van der Waals surface area contributed by atoms with E-state index in [1.54, 1.807) is 0 Å². The highest BCUT2D eigenvalue weighted by Gasteiger charge is 2.20. The lowest BCUT2D eigenvalue weighted by molar-refractivity contribution is 0.311. The second-order valence-corrected chi connectivity index (χ2v) is 5.53. The van der Waals surface area contributed by atoms with Gasteiger partial charge in [0, 0.05) is 37.6 Å². The quantitative estimate of drug-likeness (QED) is 0.750. The van der Waals surface area contributed by atoms with E-state index in [0.29, 0.717) is 0 Å². The monoisotopic (exact) mass is 246 g/mol. The van der Waals surface area contributed by atoms with Gasteiger partial charge in [0.05, 0.1) is 0 Å². The Morgan fingerprint density at radius 2 is 1.67 bits per heavy atom. The molecule has 4 nitrogen and oxygen atoms in total. The minimum atomic E-state index is 0.959. The average Bonchev–Trinajstić information content (AvgIpc) is 2.39. The molecule has 1 aromatic rings. The normalized spacial score (nSPS) is 20.9. The van der Waals surface area contributed by atoms with Gasteiger partial charge in [0.25, 0.3) is 0 Å². The Morgan fingerprint density at radius 3 is 2.44 bits per heavy atom. The number of aromatic nitrogens is 2. The summed E-state index contributed by atoms with van der Waals surface area (Å²) in [6, 6.07) is 0. The Bertz CT molecular complexity index is 436. The zero-order valence-electron chi connectivity index (χ0n) is 11.4. The van der Waals surface area contributed by atoms with Crippen LogP contribution in [-0.4, -0.2) is 48.1 Å². The van der Waals surface area contributed by atoms with Gasteiger partial charge in [-0.3, -0.25) is 0 Å². The first-order chi connectivity index (χ1) is 8.74. The summed E-state index contributed by atoms with van der Waals surface area (Å²) in [7, 11) is 2.18. The second kappa shape index (κ2) is 4.84. The molecule has 0 bridgehead atoms. The van der Waals surface area contributed by atoms with Gasteiger partial charge < -0.3 is 9.80 Å². The van der Waals surface area contributed by atoms with Gasteiger partial charge in [-0.25, -0.2) is 9.97 Å². The highest BCUT2D eigenvalue weighted by atomic mass is 15.3. The Morgan fingerprint density at radius 1 is 0.944 bits per heavy atom. The van der Waals surface area contributed by atoms with Crippen molar-refractivity contribution in [2.24, 2.45) is 0 Å². The molecule has 2 heterocycles. The number of fused-ring (bicyclic) bond motifs is 1. The van der Waals surface area contributed by atoms with Crippen LogP contribution in [0, 0.1) is 6.92 Å². The fourth-order valence-electron chi connectivity index (χ4n) is 2.91. The first-order valence-corrected chi connectivity index (χ1v) is 7.04. The lowest BCUT2D eigenvalue weighted by Crippen LogP contribution is -2.45. The molecule has 4 heteroatoms. The number of hydrogen-bond acceptors (Lipinski definition) is 4. The first kappa shape index (κ1) is 11.9. The molecular weight excluding hydrogens is 224 g/mol. The lowest BCUT2D eigenvalue weighted by atomic mass is 9.95. The topological polar surface area (TPSA) is 32.3 Å². The molecule has 1 aromatic heterocycles. The largest absolute Gasteiger partial charge is 0.338 e. The van der Waals surface area contributed by atoms with Crippen molar-refractivity contribution in [1.29, 1.82) is 0 Å². The fourth-order valence-corrected chi connectivity index (χ4v) is 2.91. The molecule has 0 amide bonds. The third-order valence-electron chi connectivity index (χ3n) is 4.16. The number of nitrogens with zero attached hydrogens (tertiary/aromatic N) is 4. The Labute approximate surface area is 109 Å². The Hall–Kier alpha value is -1.16. The van der Waals surface area contributed by atoms with Crippen LogP contribution in [0.2, 0.25) is 0 Å². The summed E-state index contributed by atoms with van der Waals surface area (Å²) in [5.41, 5.74) is 3.93. The van der Waals surface area contributed by atoms with Crippen LogP contribution in [0.4, 0.5) is 5.95 Å². The van der Waals surface area contributed by atoms with E-state index >= 15 is 0 Å². The number of aryl methyl sites for hydroxylation is 2. The van der Waals surface area contributed by atoms with Gasteiger partial charge in [-0.05, 0) is 45.2 Å². The molecule has 1 aliphatic heterocycles. The predicted octanol–water partition coefficient (Wildman–Crippen LogP) is 1.42. The van der Waals surface area contributed by atoms with Crippen LogP contribution in [0.25, 0.3) is 0 Å². The van der Waals surface area contributed by atoms with Crippen LogP contribution in [0.15, 0.2) is 0 Å². The highest BCUT2D eigenvalue weighted by Crippen LogP contribution is 2.24. The third-order valence-corrected chi connectivity index (χ3v) is 4.16. The predicted molar refractivity (Wildman–Crippen MR) is 73.1 cm³/mol. The average molecular weight is 246 g/mol. The van der Waals surface area contributed by atoms with Crippen LogP contribution in [0.3, 0.4) is 0 Å². The summed E-state index contributed by atoms with van der Waals surface area (Å²) in [6.45, 7) is 6.47. The SMILES string of the molecule is Cc1nc(N2CCN(C)CC2)nc2c1CCCC2.